The Bertz CT molecular complexity index is 1040. The second kappa shape index (κ2) is 9.90. The van der Waals surface area contributed by atoms with E-state index in [2.05, 4.69) is 16.8 Å². The van der Waals surface area contributed by atoms with Crippen molar-refractivity contribution in [2.45, 2.75) is 51.1 Å². The normalized spacial score (nSPS) is 16.2. The standard InChI is InChI=1S/C26H31N3O3/c1-18-8-7-11-29-24(17-28-26(18)29)23(20-12-21(31-2)14-22(13-20)32-3)15-25(30)27-16-19-9-5-4-6-10-19/h4-6,9-10,12-14,17-18,23H,7-8,11,15-16H2,1-3H3,(H,27,30). The summed E-state index contributed by atoms with van der Waals surface area (Å²) in [4.78, 5) is 17.8. The number of imidazole rings is 1. The lowest BCUT2D eigenvalue weighted by Gasteiger charge is -2.25. The van der Waals surface area contributed by atoms with Crippen LogP contribution in [-0.4, -0.2) is 29.7 Å². The van der Waals surface area contributed by atoms with Crippen LogP contribution < -0.4 is 14.8 Å². The molecule has 1 amide bonds. The Kier molecular flexibility index (Phi) is 6.78. The number of aromatic nitrogens is 2. The molecule has 0 radical (unpaired) electrons. The van der Waals surface area contributed by atoms with E-state index >= 15 is 0 Å². The lowest BCUT2D eigenvalue weighted by atomic mass is 9.91. The molecule has 2 aromatic carbocycles. The molecule has 0 fully saturated rings. The molecule has 0 bridgehead atoms. The van der Waals surface area contributed by atoms with E-state index in [0.29, 0.717) is 30.4 Å². The van der Waals surface area contributed by atoms with Gasteiger partial charge < -0.3 is 19.4 Å². The summed E-state index contributed by atoms with van der Waals surface area (Å²) in [5.41, 5.74) is 3.13. The number of carbonyl (C=O) groups excluding carboxylic acids is 1. The van der Waals surface area contributed by atoms with Gasteiger partial charge in [-0.05, 0) is 36.1 Å². The monoisotopic (exact) mass is 433 g/mol. The summed E-state index contributed by atoms with van der Waals surface area (Å²) >= 11 is 0. The molecule has 32 heavy (non-hydrogen) atoms. The molecule has 2 unspecified atom stereocenters. The lowest BCUT2D eigenvalue weighted by molar-refractivity contribution is -0.121. The Morgan fingerprint density at radius 1 is 1.16 bits per heavy atom. The number of fused-ring (bicyclic) bond motifs is 1. The maximum atomic E-state index is 13.0. The summed E-state index contributed by atoms with van der Waals surface area (Å²) in [6, 6.07) is 15.8. The molecule has 168 valence electrons. The summed E-state index contributed by atoms with van der Waals surface area (Å²) in [5, 5.41) is 3.08. The summed E-state index contributed by atoms with van der Waals surface area (Å²) in [6.45, 7) is 3.66. The summed E-state index contributed by atoms with van der Waals surface area (Å²) in [6.07, 6.45) is 4.53. The molecule has 3 aromatic rings. The highest BCUT2D eigenvalue weighted by atomic mass is 16.5. The van der Waals surface area contributed by atoms with Gasteiger partial charge in [0, 0.05) is 49.3 Å². The van der Waals surface area contributed by atoms with Gasteiger partial charge in [0.05, 0.1) is 14.2 Å². The van der Waals surface area contributed by atoms with E-state index in [-0.39, 0.29) is 11.8 Å². The van der Waals surface area contributed by atoms with Crippen LogP contribution in [0, 0.1) is 0 Å². The van der Waals surface area contributed by atoms with Crippen molar-refractivity contribution in [3.8, 4) is 11.5 Å². The number of hydrogen-bond acceptors (Lipinski definition) is 4. The zero-order chi connectivity index (χ0) is 22.5. The predicted octanol–water partition coefficient (Wildman–Crippen LogP) is 4.64. The Labute approximate surface area is 189 Å². The van der Waals surface area contributed by atoms with Crippen LogP contribution >= 0.6 is 0 Å². The van der Waals surface area contributed by atoms with Gasteiger partial charge >= 0.3 is 0 Å². The van der Waals surface area contributed by atoms with Crippen LogP contribution in [0.4, 0.5) is 0 Å². The number of carbonyl (C=O) groups is 1. The molecule has 6 nitrogen and oxygen atoms in total. The van der Waals surface area contributed by atoms with E-state index in [9.17, 15) is 4.79 Å². The highest BCUT2D eigenvalue weighted by Gasteiger charge is 2.28. The molecule has 1 N–H and O–H groups in total. The van der Waals surface area contributed by atoms with E-state index in [1.165, 1.54) is 0 Å². The Morgan fingerprint density at radius 3 is 2.56 bits per heavy atom. The highest BCUT2D eigenvalue weighted by molar-refractivity contribution is 5.77. The van der Waals surface area contributed by atoms with Crippen LogP contribution in [0.25, 0.3) is 0 Å². The second-order valence-electron chi connectivity index (χ2n) is 8.40. The van der Waals surface area contributed by atoms with Gasteiger partial charge in [-0.2, -0.15) is 0 Å². The van der Waals surface area contributed by atoms with E-state index < -0.39 is 0 Å². The zero-order valence-corrected chi connectivity index (χ0v) is 19.0. The number of methoxy groups -OCH3 is 2. The Balaban J connectivity index is 1.65. The summed E-state index contributed by atoms with van der Waals surface area (Å²) in [7, 11) is 3.28. The average molecular weight is 434 g/mol. The largest absolute Gasteiger partial charge is 0.497 e. The van der Waals surface area contributed by atoms with Crippen molar-refractivity contribution >= 4 is 5.91 Å². The van der Waals surface area contributed by atoms with Crippen molar-refractivity contribution in [2.75, 3.05) is 14.2 Å². The third kappa shape index (κ3) is 4.79. The molecule has 0 saturated carbocycles. The van der Waals surface area contributed by atoms with E-state index in [1.807, 2.05) is 54.7 Å². The minimum atomic E-state index is -0.152. The molecule has 1 aromatic heterocycles. The number of ether oxygens (including phenoxy) is 2. The van der Waals surface area contributed by atoms with Gasteiger partial charge in [-0.1, -0.05) is 37.3 Å². The average Bonchev–Trinajstić information content (AvgIpc) is 3.26. The molecule has 0 aliphatic carbocycles. The number of benzene rings is 2. The quantitative estimate of drug-likeness (QED) is 0.562. The van der Waals surface area contributed by atoms with Gasteiger partial charge in [0.25, 0.3) is 0 Å². The van der Waals surface area contributed by atoms with Gasteiger partial charge in [-0.3, -0.25) is 4.79 Å². The van der Waals surface area contributed by atoms with Crippen LogP contribution in [0.5, 0.6) is 11.5 Å². The molecular formula is C26H31N3O3. The molecule has 4 rings (SSSR count). The van der Waals surface area contributed by atoms with Crippen molar-refractivity contribution in [1.29, 1.82) is 0 Å². The smallest absolute Gasteiger partial charge is 0.221 e. The Hall–Kier alpha value is -3.28. The number of nitrogens with zero attached hydrogens (tertiary/aromatic N) is 2. The molecule has 6 heteroatoms. The third-order valence-electron chi connectivity index (χ3n) is 6.23. The fourth-order valence-electron chi connectivity index (χ4n) is 4.48. The fourth-order valence-corrected chi connectivity index (χ4v) is 4.48. The summed E-state index contributed by atoms with van der Waals surface area (Å²) in [5.74, 6) is 2.80. The van der Waals surface area contributed by atoms with Crippen LogP contribution in [-0.2, 0) is 17.9 Å². The van der Waals surface area contributed by atoms with Gasteiger partial charge in [-0.15, -0.1) is 0 Å². The van der Waals surface area contributed by atoms with Crippen molar-refractivity contribution in [1.82, 2.24) is 14.9 Å². The van der Waals surface area contributed by atoms with Gasteiger partial charge in [-0.25, -0.2) is 4.98 Å². The van der Waals surface area contributed by atoms with E-state index in [1.54, 1.807) is 14.2 Å². The first-order valence-electron chi connectivity index (χ1n) is 11.2. The van der Waals surface area contributed by atoms with Crippen LogP contribution in [0.2, 0.25) is 0 Å². The summed E-state index contributed by atoms with van der Waals surface area (Å²) < 4.78 is 13.3. The number of hydrogen-bond donors (Lipinski definition) is 1. The first-order valence-corrected chi connectivity index (χ1v) is 11.2. The number of amides is 1. The van der Waals surface area contributed by atoms with Crippen LogP contribution in [0.1, 0.15) is 60.7 Å². The van der Waals surface area contributed by atoms with Gasteiger partial charge in [0.15, 0.2) is 0 Å². The molecular weight excluding hydrogens is 402 g/mol. The molecule has 2 atom stereocenters. The molecule has 1 aliphatic rings. The Morgan fingerprint density at radius 2 is 1.88 bits per heavy atom. The third-order valence-corrected chi connectivity index (χ3v) is 6.23. The number of nitrogens with one attached hydrogen (secondary N) is 1. The predicted molar refractivity (Wildman–Crippen MR) is 124 cm³/mol. The molecule has 0 spiro atoms. The van der Waals surface area contributed by atoms with Crippen molar-refractivity contribution in [2.24, 2.45) is 0 Å². The lowest BCUT2D eigenvalue weighted by Crippen LogP contribution is -2.26. The van der Waals surface area contributed by atoms with Crippen molar-refractivity contribution < 1.29 is 14.3 Å². The van der Waals surface area contributed by atoms with Gasteiger partial charge in [0.1, 0.15) is 17.3 Å². The fraction of sp³-hybridized carbons (Fsp3) is 0.385. The SMILES string of the molecule is COc1cc(OC)cc(C(CC(=O)NCc2ccccc2)c2cnc3n2CCCC3C)c1. The zero-order valence-electron chi connectivity index (χ0n) is 19.0. The topological polar surface area (TPSA) is 65.4 Å². The van der Waals surface area contributed by atoms with E-state index in [4.69, 9.17) is 14.5 Å². The van der Waals surface area contributed by atoms with Crippen molar-refractivity contribution in [3.63, 3.8) is 0 Å². The maximum Gasteiger partial charge on any atom is 0.221 e. The van der Waals surface area contributed by atoms with Gasteiger partial charge in [0.2, 0.25) is 5.91 Å². The second-order valence-corrected chi connectivity index (χ2v) is 8.40. The molecule has 1 aliphatic heterocycles. The number of rotatable bonds is 8. The van der Waals surface area contributed by atoms with Crippen LogP contribution in [0.15, 0.2) is 54.7 Å². The maximum absolute atomic E-state index is 13.0. The van der Waals surface area contributed by atoms with Crippen LogP contribution in [0.3, 0.4) is 0 Å². The highest BCUT2D eigenvalue weighted by Crippen LogP contribution is 2.37. The first-order chi connectivity index (χ1) is 15.6. The first kappa shape index (κ1) is 21.9. The molecule has 2 heterocycles. The minimum Gasteiger partial charge on any atom is -0.497 e. The minimum absolute atomic E-state index is 0.0000442. The van der Waals surface area contributed by atoms with Crippen molar-refractivity contribution in [3.05, 3.63) is 77.4 Å². The van der Waals surface area contributed by atoms with E-state index in [0.717, 1.165) is 42.0 Å². The molecule has 0 saturated heterocycles.